The van der Waals surface area contributed by atoms with Crippen LogP contribution in [0, 0.1) is 0 Å². The van der Waals surface area contributed by atoms with Gasteiger partial charge in [-0.15, -0.1) is 0 Å². The van der Waals surface area contributed by atoms with Crippen LogP contribution in [0.15, 0.2) is 34.7 Å². The molecule has 1 atom stereocenters. The summed E-state index contributed by atoms with van der Waals surface area (Å²) in [5.74, 6) is 1.18. The van der Waals surface area contributed by atoms with Crippen LogP contribution in [-0.2, 0) is 11.2 Å². The molecule has 5 nitrogen and oxygen atoms in total. The van der Waals surface area contributed by atoms with Crippen LogP contribution in [0.1, 0.15) is 36.6 Å². The molecule has 1 fully saturated rings. The number of anilines is 1. The van der Waals surface area contributed by atoms with Gasteiger partial charge in [-0.3, -0.25) is 0 Å². The fraction of sp³-hybridized carbons (Fsp3) is 0.471. The zero-order valence-electron chi connectivity index (χ0n) is 12.9. The maximum atomic E-state index is 10.0. The number of benzene rings is 1. The highest BCUT2D eigenvalue weighted by atomic mass is 16.5. The van der Waals surface area contributed by atoms with Gasteiger partial charge in [-0.2, -0.15) is 0 Å². The highest BCUT2D eigenvalue weighted by Gasteiger charge is 2.24. The van der Waals surface area contributed by atoms with Crippen LogP contribution in [0.5, 0.6) is 0 Å². The van der Waals surface area contributed by atoms with E-state index in [0.29, 0.717) is 31.9 Å². The molecule has 0 radical (unpaired) electrons. The van der Waals surface area contributed by atoms with Gasteiger partial charge in [-0.25, -0.2) is 4.98 Å². The Hall–Kier alpha value is -1.85. The van der Waals surface area contributed by atoms with E-state index in [9.17, 15) is 5.11 Å². The summed E-state index contributed by atoms with van der Waals surface area (Å²) in [4.78, 5) is 6.71. The van der Waals surface area contributed by atoms with E-state index in [1.54, 1.807) is 0 Å². The minimum atomic E-state index is -0.649. The summed E-state index contributed by atoms with van der Waals surface area (Å²) in [5.41, 5.74) is 2.07. The van der Waals surface area contributed by atoms with Crippen molar-refractivity contribution in [2.75, 3.05) is 31.2 Å². The Bertz CT molecular complexity index is 591. The Morgan fingerprint density at radius 1 is 1.23 bits per heavy atom. The normalized spacial score (nSPS) is 16.7. The molecule has 5 heteroatoms. The second kappa shape index (κ2) is 6.94. The Balaban J connectivity index is 1.89. The first-order valence-corrected chi connectivity index (χ1v) is 7.82. The topological polar surface area (TPSA) is 58.7 Å². The Morgan fingerprint density at radius 2 is 1.95 bits per heavy atom. The molecule has 1 saturated heterocycles. The molecule has 1 aliphatic heterocycles. The Morgan fingerprint density at radius 3 is 2.64 bits per heavy atom. The zero-order chi connectivity index (χ0) is 15.4. The summed E-state index contributed by atoms with van der Waals surface area (Å²) in [6.45, 7) is 4.88. The fourth-order valence-corrected chi connectivity index (χ4v) is 2.60. The van der Waals surface area contributed by atoms with Gasteiger partial charge in [0.1, 0.15) is 11.8 Å². The standard InChI is InChI=1S/C17H22N2O3/c1-2-15(20)16-18-14(12-13-6-4-3-5-7-13)17(22-16)19-8-10-21-11-9-19/h3-7,15,20H,2,8-12H2,1H3/t15-/m1/s1. The summed E-state index contributed by atoms with van der Waals surface area (Å²) >= 11 is 0. The summed E-state index contributed by atoms with van der Waals surface area (Å²) in [7, 11) is 0. The van der Waals surface area contributed by atoms with Crippen LogP contribution in [0.25, 0.3) is 0 Å². The first-order valence-electron chi connectivity index (χ1n) is 7.82. The van der Waals surface area contributed by atoms with Crippen LogP contribution in [0.4, 0.5) is 5.88 Å². The number of oxazole rings is 1. The van der Waals surface area contributed by atoms with Gasteiger partial charge in [0, 0.05) is 19.5 Å². The third kappa shape index (κ3) is 3.31. The summed E-state index contributed by atoms with van der Waals surface area (Å²) < 4.78 is 11.3. The van der Waals surface area contributed by atoms with E-state index in [1.165, 1.54) is 5.56 Å². The fourth-order valence-electron chi connectivity index (χ4n) is 2.60. The molecule has 1 aromatic heterocycles. The third-order valence-electron chi connectivity index (χ3n) is 3.88. The van der Waals surface area contributed by atoms with Gasteiger partial charge in [-0.05, 0) is 12.0 Å². The number of aromatic nitrogens is 1. The number of nitrogens with zero attached hydrogens (tertiary/aromatic N) is 2. The van der Waals surface area contributed by atoms with Gasteiger partial charge in [0.05, 0.1) is 13.2 Å². The van der Waals surface area contributed by atoms with Crippen molar-refractivity contribution >= 4 is 5.88 Å². The predicted octanol–water partition coefficient (Wildman–Crippen LogP) is 2.55. The van der Waals surface area contributed by atoms with Crippen LogP contribution in [0.2, 0.25) is 0 Å². The number of morpholine rings is 1. The average Bonchev–Trinajstić information content (AvgIpc) is 3.00. The van der Waals surface area contributed by atoms with E-state index in [2.05, 4.69) is 22.0 Å². The first-order chi connectivity index (χ1) is 10.8. The summed E-state index contributed by atoms with van der Waals surface area (Å²) in [6, 6.07) is 10.2. The number of aliphatic hydroxyl groups is 1. The molecule has 22 heavy (non-hydrogen) atoms. The van der Waals surface area contributed by atoms with E-state index < -0.39 is 6.10 Å². The quantitative estimate of drug-likeness (QED) is 0.920. The maximum absolute atomic E-state index is 10.0. The molecule has 1 N–H and O–H groups in total. The van der Waals surface area contributed by atoms with Crippen molar-refractivity contribution in [1.29, 1.82) is 0 Å². The Kier molecular flexibility index (Phi) is 4.75. The van der Waals surface area contributed by atoms with Crippen molar-refractivity contribution in [3.05, 3.63) is 47.5 Å². The molecule has 0 amide bonds. The van der Waals surface area contributed by atoms with Crippen molar-refractivity contribution < 1.29 is 14.3 Å². The molecule has 2 aromatic rings. The number of ether oxygens (including phenoxy) is 1. The summed E-state index contributed by atoms with van der Waals surface area (Å²) in [6.07, 6.45) is 0.644. The molecule has 0 aliphatic carbocycles. The molecule has 3 rings (SSSR count). The van der Waals surface area contributed by atoms with Crippen LogP contribution < -0.4 is 4.90 Å². The van der Waals surface area contributed by atoms with E-state index in [1.807, 2.05) is 25.1 Å². The lowest BCUT2D eigenvalue weighted by Gasteiger charge is -2.26. The second-order valence-electron chi connectivity index (χ2n) is 5.49. The highest BCUT2D eigenvalue weighted by molar-refractivity contribution is 5.44. The van der Waals surface area contributed by atoms with Crippen molar-refractivity contribution in [2.45, 2.75) is 25.9 Å². The first kappa shape index (κ1) is 15.1. The molecular weight excluding hydrogens is 280 g/mol. The molecule has 2 heterocycles. The third-order valence-corrected chi connectivity index (χ3v) is 3.88. The van der Waals surface area contributed by atoms with Gasteiger partial charge in [0.25, 0.3) is 0 Å². The van der Waals surface area contributed by atoms with E-state index in [4.69, 9.17) is 9.15 Å². The number of hydrogen-bond acceptors (Lipinski definition) is 5. The second-order valence-corrected chi connectivity index (χ2v) is 5.49. The lowest BCUT2D eigenvalue weighted by atomic mass is 10.1. The molecule has 0 bridgehead atoms. The van der Waals surface area contributed by atoms with Crippen molar-refractivity contribution in [3.8, 4) is 0 Å². The SMILES string of the molecule is CC[C@@H](O)c1nc(Cc2ccccc2)c(N2CCOCC2)o1. The van der Waals surface area contributed by atoms with Crippen molar-refractivity contribution in [3.63, 3.8) is 0 Å². The highest BCUT2D eigenvalue weighted by Crippen LogP contribution is 2.29. The largest absolute Gasteiger partial charge is 0.422 e. The number of hydrogen-bond donors (Lipinski definition) is 1. The minimum Gasteiger partial charge on any atom is -0.422 e. The molecule has 118 valence electrons. The molecule has 0 saturated carbocycles. The van der Waals surface area contributed by atoms with Gasteiger partial charge >= 0.3 is 0 Å². The lowest BCUT2D eigenvalue weighted by Crippen LogP contribution is -2.36. The van der Waals surface area contributed by atoms with Gasteiger partial charge in [0.2, 0.25) is 11.8 Å². The molecule has 0 unspecified atom stereocenters. The minimum absolute atomic E-state index is 0.412. The predicted molar refractivity (Wildman–Crippen MR) is 84.0 cm³/mol. The van der Waals surface area contributed by atoms with Crippen molar-refractivity contribution in [2.24, 2.45) is 0 Å². The number of rotatable bonds is 5. The summed E-state index contributed by atoms with van der Waals surface area (Å²) in [5, 5.41) is 10.0. The van der Waals surface area contributed by atoms with Gasteiger partial charge in [-0.1, -0.05) is 37.3 Å². The van der Waals surface area contributed by atoms with Crippen LogP contribution in [-0.4, -0.2) is 36.4 Å². The smallest absolute Gasteiger partial charge is 0.226 e. The number of aliphatic hydroxyl groups excluding tert-OH is 1. The maximum Gasteiger partial charge on any atom is 0.226 e. The molecule has 1 aliphatic rings. The van der Waals surface area contributed by atoms with Crippen LogP contribution in [0.3, 0.4) is 0 Å². The van der Waals surface area contributed by atoms with E-state index >= 15 is 0 Å². The van der Waals surface area contributed by atoms with Gasteiger partial charge < -0.3 is 19.2 Å². The average molecular weight is 302 g/mol. The van der Waals surface area contributed by atoms with E-state index in [0.717, 1.165) is 24.7 Å². The molecule has 1 aromatic carbocycles. The molecular formula is C17H22N2O3. The van der Waals surface area contributed by atoms with E-state index in [-0.39, 0.29) is 0 Å². The monoisotopic (exact) mass is 302 g/mol. The van der Waals surface area contributed by atoms with Gasteiger partial charge in [0.15, 0.2) is 0 Å². The molecule has 0 spiro atoms. The zero-order valence-corrected chi connectivity index (χ0v) is 12.9. The Labute approximate surface area is 130 Å². The van der Waals surface area contributed by atoms with Crippen molar-refractivity contribution in [1.82, 2.24) is 4.98 Å². The van der Waals surface area contributed by atoms with Crippen LogP contribution >= 0.6 is 0 Å². The lowest BCUT2D eigenvalue weighted by molar-refractivity contribution is 0.118.